The summed E-state index contributed by atoms with van der Waals surface area (Å²) >= 11 is 0. The number of nitro groups is 1. The summed E-state index contributed by atoms with van der Waals surface area (Å²) < 4.78 is 17.1. The molecule has 0 bridgehead atoms. The van der Waals surface area contributed by atoms with E-state index in [9.17, 15) is 19.7 Å². The standard InChI is InChI=1S/C23H23N3O7/c1-4-32-23(28)21-20(19(14-25(29)30)16-8-6-5-7-9-16)22(33-15(2)27)26(24-21)17-10-12-18(31-3)13-11-17/h5-13,19H,4,14H2,1-3H3/t19-/m1/s1. The van der Waals surface area contributed by atoms with E-state index in [1.165, 1.54) is 18.7 Å². The summed E-state index contributed by atoms with van der Waals surface area (Å²) in [5.41, 5.74) is 0.946. The third kappa shape index (κ3) is 5.35. The Kier molecular flexibility index (Phi) is 7.39. The van der Waals surface area contributed by atoms with Gasteiger partial charge in [0.2, 0.25) is 12.4 Å². The fourth-order valence-corrected chi connectivity index (χ4v) is 3.41. The molecule has 0 fully saturated rings. The fourth-order valence-electron chi connectivity index (χ4n) is 3.41. The molecule has 0 spiro atoms. The van der Waals surface area contributed by atoms with Crippen molar-refractivity contribution >= 4 is 11.9 Å². The molecule has 33 heavy (non-hydrogen) atoms. The van der Waals surface area contributed by atoms with E-state index in [-0.39, 0.29) is 23.7 Å². The van der Waals surface area contributed by atoms with Gasteiger partial charge < -0.3 is 14.2 Å². The molecule has 10 nitrogen and oxygen atoms in total. The van der Waals surface area contributed by atoms with Crippen molar-refractivity contribution in [2.24, 2.45) is 0 Å². The molecular formula is C23H23N3O7. The van der Waals surface area contributed by atoms with Crippen molar-refractivity contribution in [2.75, 3.05) is 20.3 Å². The summed E-state index contributed by atoms with van der Waals surface area (Å²) in [6, 6.07) is 15.3. The average Bonchev–Trinajstić information content (AvgIpc) is 3.16. The maximum atomic E-state index is 12.8. The Bertz CT molecular complexity index is 1140. The van der Waals surface area contributed by atoms with Gasteiger partial charge in [-0.05, 0) is 36.8 Å². The van der Waals surface area contributed by atoms with Crippen molar-refractivity contribution < 1.29 is 28.7 Å². The Morgan fingerprint density at radius 3 is 2.33 bits per heavy atom. The van der Waals surface area contributed by atoms with Gasteiger partial charge in [0.1, 0.15) is 5.75 Å². The maximum absolute atomic E-state index is 12.8. The molecule has 3 aromatic rings. The Hall–Kier alpha value is -4.21. The molecule has 1 aromatic heterocycles. The SMILES string of the molecule is CCOC(=O)c1nn(-c2ccc(OC)cc2)c(OC(C)=O)c1[C@H](C[N+](=O)[O-])c1ccccc1. The minimum absolute atomic E-state index is 0.0712. The molecule has 1 atom stereocenters. The third-order valence-corrected chi connectivity index (χ3v) is 4.79. The summed E-state index contributed by atoms with van der Waals surface area (Å²) in [4.78, 5) is 35.9. The molecule has 3 rings (SSSR count). The number of carbonyl (C=O) groups excluding carboxylic acids is 2. The number of methoxy groups -OCH3 is 1. The first-order valence-corrected chi connectivity index (χ1v) is 10.1. The van der Waals surface area contributed by atoms with E-state index in [0.717, 1.165) is 0 Å². The van der Waals surface area contributed by atoms with E-state index in [4.69, 9.17) is 14.2 Å². The van der Waals surface area contributed by atoms with Crippen molar-refractivity contribution in [3.63, 3.8) is 0 Å². The number of hydrogen-bond donors (Lipinski definition) is 0. The second-order valence-corrected chi connectivity index (χ2v) is 6.97. The maximum Gasteiger partial charge on any atom is 0.359 e. The van der Waals surface area contributed by atoms with E-state index in [0.29, 0.717) is 17.0 Å². The van der Waals surface area contributed by atoms with Crippen LogP contribution in [0.1, 0.15) is 41.4 Å². The predicted molar refractivity (Wildman–Crippen MR) is 118 cm³/mol. The Balaban J connectivity index is 2.31. The number of hydrogen-bond acceptors (Lipinski definition) is 8. The lowest BCUT2D eigenvalue weighted by Crippen LogP contribution is -2.19. The molecule has 0 saturated heterocycles. The number of aromatic nitrogens is 2. The molecule has 172 valence electrons. The second-order valence-electron chi connectivity index (χ2n) is 6.97. The summed E-state index contributed by atoms with van der Waals surface area (Å²) in [6.07, 6.45) is 0. The van der Waals surface area contributed by atoms with Gasteiger partial charge in [-0.15, -0.1) is 0 Å². The van der Waals surface area contributed by atoms with Crippen LogP contribution in [-0.4, -0.2) is 46.9 Å². The van der Waals surface area contributed by atoms with Gasteiger partial charge in [0, 0.05) is 11.8 Å². The van der Waals surface area contributed by atoms with Crippen LogP contribution in [0, 0.1) is 10.1 Å². The normalized spacial score (nSPS) is 11.5. The third-order valence-electron chi connectivity index (χ3n) is 4.79. The van der Waals surface area contributed by atoms with Gasteiger partial charge in [-0.3, -0.25) is 14.9 Å². The molecule has 0 amide bonds. The van der Waals surface area contributed by atoms with Gasteiger partial charge in [-0.25, -0.2) is 4.79 Å². The lowest BCUT2D eigenvalue weighted by molar-refractivity contribution is -0.481. The van der Waals surface area contributed by atoms with Crippen molar-refractivity contribution in [1.29, 1.82) is 0 Å². The van der Waals surface area contributed by atoms with E-state index in [1.54, 1.807) is 61.5 Å². The van der Waals surface area contributed by atoms with Crippen molar-refractivity contribution in [1.82, 2.24) is 9.78 Å². The molecule has 0 aliphatic carbocycles. The summed E-state index contributed by atoms with van der Waals surface area (Å²) in [5, 5.41) is 15.9. The zero-order valence-electron chi connectivity index (χ0n) is 18.4. The number of ether oxygens (including phenoxy) is 3. The lowest BCUT2D eigenvalue weighted by atomic mass is 9.91. The molecule has 2 aromatic carbocycles. The van der Waals surface area contributed by atoms with Crippen LogP contribution in [0.25, 0.3) is 5.69 Å². The highest BCUT2D eigenvalue weighted by atomic mass is 16.6. The van der Waals surface area contributed by atoms with Gasteiger partial charge in [-0.2, -0.15) is 9.78 Å². The van der Waals surface area contributed by atoms with E-state index < -0.39 is 29.3 Å². The van der Waals surface area contributed by atoms with E-state index in [1.807, 2.05) is 0 Å². The van der Waals surface area contributed by atoms with Crippen molar-refractivity contribution in [3.8, 4) is 17.3 Å². The molecular weight excluding hydrogens is 430 g/mol. The molecule has 0 saturated carbocycles. The first-order valence-electron chi connectivity index (χ1n) is 10.1. The Labute approximate surface area is 189 Å². The second kappa shape index (κ2) is 10.4. The highest BCUT2D eigenvalue weighted by Gasteiger charge is 2.35. The van der Waals surface area contributed by atoms with Gasteiger partial charge in [0.25, 0.3) is 0 Å². The quantitative estimate of drug-likeness (QED) is 0.274. The number of rotatable bonds is 9. The monoisotopic (exact) mass is 453 g/mol. The van der Waals surface area contributed by atoms with E-state index >= 15 is 0 Å². The first-order chi connectivity index (χ1) is 15.8. The van der Waals surface area contributed by atoms with Crippen LogP contribution in [0.15, 0.2) is 54.6 Å². The van der Waals surface area contributed by atoms with Crippen LogP contribution < -0.4 is 9.47 Å². The number of benzene rings is 2. The minimum atomic E-state index is -0.929. The van der Waals surface area contributed by atoms with Crippen LogP contribution in [0.4, 0.5) is 0 Å². The average molecular weight is 453 g/mol. The van der Waals surface area contributed by atoms with Crippen LogP contribution in [0.5, 0.6) is 11.6 Å². The number of carbonyl (C=O) groups is 2. The highest BCUT2D eigenvalue weighted by Crippen LogP contribution is 2.37. The van der Waals surface area contributed by atoms with Crippen molar-refractivity contribution in [3.05, 3.63) is 81.5 Å². The van der Waals surface area contributed by atoms with E-state index in [2.05, 4.69) is 5.10 Å². The summed E-state index contributed by atoms with van der Waals surface area (Å²) in [7, 11) is 1.52. The number of esters is 2. The Morgan fingerprint density at radius 2 is 1.79 bits per heavy atom. The van der Waals surface area contributed by atoms with Crippen LogP contribution in [0.2, 0.25) is 0 Å². The summed E-state index contributed by atoms with van der Waals surface area (Å²) in [5.74, 6) is -1.89. The molecule has 1 heterocycles. The van der Waals surface area contributed by atoms with Crippen LogP contribution in [0.3, 0.4) is 0 Å². The molecule has 0 radical (unpaired) electrons. The smallest absolute Gasteiger partial charge is 0.359 e. The van der Waals surface area contributed by atoms with Crippen LogP contribution >= 0.6 is 0 Å². The fraction of sp³-hybridized carbons (Fsp3) is 0.261. The van der Waals surface area contributed by atoms with Gasteiger partial charge in [0.05, 0.1) is 30.9 Å². The molecule has 0 aliphatic rings. The molecule has 0 aliphatic heterocycles. The zero-order chi connectivity index (χ0) is 24.0. The van der Waals surface area contributed by atoms with Gasteiger partial charge in [0.15, 0.2) is 5.69 Å². The highest BCUT2D eigenvalue weighted by molar-refractivity contribution is 5.90. The summed E-state index contributed by atoms with van der Waals surface area (Å²) in [6.45, 7) is 2.35. The first kappa shape index (κ1) is 23.5. The predicted octanol–water partition coefficient (Wildman–Crippen LogP) is 3.39. The van der Waals surface area contributed by atoms with Gasteiger partial charge in [-0.1, -0.05) is 30.3 Å². The largest absolute Gasteiger partial charge is 0.497 e. The van der Waals surface area contributed by atoms with Gasteiger partial charge >= 0.3 is 11.9 Å². The van der Waals surface area contributed by atoms with Crippen LogP contribution in [-0.2, 0) is 9.53 Å². The minimum Gasteiger partial charge on any atom is -0.497 e. The molecule has 10 heteroatoms. The lowest BCUT2D eigenvalue weighted by Gasteiger charge is -2.16. The molecule has 0 N–H and O–H groups in total. The number of nitrogens with zero attached hydrogens (tertiary/aromatic N) is 3. The Morgan fingerprint density at radius 1 is 1.12 bits per heavy atom. The topological polar surface area (TPSA) is 123 Å². The molecule has 0 unspecified atom stereocenters. The van der Waals surface area contributed by atoms with Crippen molar-refractivity contribution in [2.45, 2.75) is 19.8 Å². The zero-order valence-corrected chi connectivity index (χ0v) is 18.4.